The lowest BCUT2D eigenvalue weighted by atomic mass is 10.2. The van der Waals surface area contributed by atoms with Crippen molar-refractivity contribution in [3.63, 3.8) is 0 Å². The Morgan fingerprint density at radius 2 is 1.90 bits per heavy atom. The highest BCUT2D eigenvalue weighted by molar-refractivity contribution is 5.94. The third-order valence-corrected chi connectivity index (χ3v) is 2.77. The minimum atomic E-state index is -0.401. The Kier molecular flexibility index (Phi) is 4.77. The maximum atomic E-state index is 12.2. The summed E-state index contributed by atoms with van der Waals surface area (Å²) in [4.78, 5) is 12.2. The van der Waals surface area contributed by atoms with Crippen molar-refractivity contribution in [2.24, 2.45) is 0 Å². The first-order valence-corrected chi connectivity index (χ1v) is 6.71. The number of benzene rings is 2. The third-order valence-electron chi connectivity index (χ3n) is 2.77. The molecule has 3 nitrogen and oxygen atoms in total. The van der Waals surface area contributed by atoms with Crippen LogP contribution in [0.1, 0.15) is 29.3 Å². The molecule has 0 atom stereocenters. The maximum absolute atomic E-state index is 12.2. The van der Waals surface area contributed by atoms with Gasteiger partial charge in [0.25, 0.3) is 0 Å². The first-order chi connectivity index (χ1) is 9.70. The molecule has 0 spiro atoms. The molecule has 0 aliphatic heterocycles. The van der Waals surface area contributed by atoms with Crippen molar-refractivity contribution in [2.75, 3.05) is 6.61 Å². The van der Waals surface area contributed by atoms with Gasteiger partial charge in [0.1, 0.15) is 17.1 Å². The summed E-state index contributed by atoms with van der Waals surface area (Å²) in [5.41, 5.74) is 1.49. The first kappa shape index (κ1) is 14.1. The number of hydrogen-bond donors (Lipinski definition) is 0. The Hall–Kier alpha value is -2.29. The lowest BCUT2D eigenvalue weighted by molar-refractivity contribution is 0.0730. The Labute approximate surface area is 119 Å². The number of carbonyl (C=O) groups is 1. The van der Waals surface area contributed by atoms with Crippen molar-refractivity contribution < 1.29 is 14.3 Å². The van der Waals surface area contributed by atoms with Gasteiger partial charge in [-0.25, -0.2) is 4.79 Å². The van der Waals surface area contributed by atoms with Crippen LogP contribution in [0.25, 0.3) is 0 Å². The molecule has 3 heteroatoms. The number of para-hydroxylation sites is 1. The summed E-state index contributed by atoms with van der Waals surface area (Å²) in [6, 6.07) is 14.5. The Morgan fingerprint density at radius 1 is 1.10 bits per heavy atom. The number of carbonyl (C=O) groups excluding carboxylic acids is 1. The standard InChI is InChI=1S/C17H18O3/c1-3-11-19-16-10-5-4-9-15(16)17(18)20-14-8-6-7-13(2)12-14/h4-10,12H,3,11H2,1-2H3. The molecule has 0 aliphatic carbocycles. The summed E-state index contributed by atoms with van der Waals surface area (Å²) in [5, 5.41) is 0. The summed E-state index contributed by atoms with van der Waals surface area (Å²) < 4.78 is 11.0. The molecule has 2 aromatic rings. The first-order valence-electron chi connectivity index (χ1n) is 6.71. The van der Waals surface area contributed by atoms with Gasteiger partial charge < -0.3 is 9.47 Å². The molecule has 0 amide bonds. The summed E-state index contributed by atoms with van der Waals surface area (Å²) in [7, 11) is 0. The number of ether oxygens (including phenoxy) is 2. The van der Waals surface area contributed by atoms with Gasteiger partial charge in [-0.2, -0.15) is 0 Å². The van der Waals surface area contributed by atoms with Gasteiger partial charge >= 0.3 is 5.97 Å². The molecule has 0 aliphatic rings. The van der Waals surface area contributed by atoms with Gasteiger partial charge in [0.2, 0.25) is 0 Å². The second-order valence-corrected chi connectivity index (χ2v) is 4.55. The zero-order valence-corrected chi connectivity index (χ0v) is 11.8. The van der Waals surface area contributed by atoms with Crippen molar-refractivity contribution >= 4 is 5.97 Å². The van der Waals surface area contributed by atoms with Crippen molar-refractivity contribution in [2.45, 2.75) is 20.3 Å². The van der Waals surface area contributed by atoms with Crippen LogP contribution in [0.15, 0.2) is 48.5 Å². The van der Waals surface area contributed by atoms with Crippen molar-refractivity contribution in [1.82, 2.24) is 0 Å². The van der Waals surface area contributed by atoms with Gasteiger partial charge in [0, 0.05) is 0 Å². The summed E-state index contributed by atoms with van der Waals surface area (Å²) >= 11 is 0. The van der Waals surface area contributed by atoms with Gasteiger partial charge in [0.15, 0.2) is 0 Å². The molecular weight excluding hydrogens is 252 g/mol. The van der Waals surface area contributed by atoms with E-state index in [2.05, 4.69) is 0 Å². The highest BCUT2D eigenvalue weighted by Gasteiger charge is 2.14. The van der Waals surface area contributed by atoms with E-state index in [0.29, 0.717) is 23.7 Å². The van der Waals surface area contributed by atoms with Crippen molar-refractivity contribution in [3.8, 4) is 11.5 Å². The largest absolute Gasteiger partial charge is 0.493 e. The molecule has 0 unspecified atom stereocenters. The van der Waals surface area contributed by atoms with Crippen LogP contribution in [-0.4, -0.2) is 12.6 Å². The predicted octanol–water partition coefficient (Wildman–Crippen LogP) is 4.00. The molecule has 0 saturated heterocycles. The zero-order chi connectivity index (χ0) is 14.4. The molecule has 0 saturated carbocycles. The molecule has 2 aromatic carbocycles. The van der Waals surface area contributed by atoms with Gasteiger partial charge in [0.05, 0.1) is 6.61 Å². The van der Waals surface area contributed by atoms with E-state index >= 15 is 0 Å². The minimum absolute atomic E-state index is 0.401. The SMILES string of the molecule is CCCOc1ccccc1C(=O)Oc1cccc(C)c1. The van der Waals surface area contributed by atoms with Crippen LogP contribution >= 0.6 is 0 Å². The highest BCUT2D eigenvalue weighted by atomic mass is 16.5. The van der Waals surface area contributed by atoms with E-state index in [-0.39, 0.29) is 0 Å². The number of aryl methyl sites for hydroxylation is 1. The van der Waals surface area contributed by atoms with Gasteiger partial charge in [-0.3, -0.25) is 0 Å². The normalized spacial score (nSPS) is 10.1. The smallest absolute Gasteiger partial charge is 0.347 e. The summed E-state index contributed by atoms with van der Waals surface area (Å²) in [6.07, 6.45) is 0.890. The lowest BCUT2D eigenvalue weighted by Crippen LogP contribution is -2.11. The summed E-state index contributed by atoms with van der Waals surface area (Å²) in [5.74, 6) is 0.703. The van der Waals surface area contributed by atoms with E-state index in [0.717, 1.165) is 12.0 Å². The number of hydrogen-bond acceptors (Lipinski definition) is 3. The average molecular weight is 270 g/mol. The van der Waals surface area contributed by atoms with Crippen LogP contribution in [0.4, 0.5) is 0 Å². The molecule has 0 bridgehead atoms. The number of esters is 1. The molecule has 20 heavy (non-hydrogen) atoms. The number of rotatable bonds is 5. The molecular formula is C17H18O3. The molecule has 0 radical (unpaired) electrons. The van der Waals surface area contributed by atoms with Crippen LogP contribution in [0.5, 0.6) is 11.5 Å². The van der Waals surface area contributed by atoms with Gasteiger partial charge in [-0.15, -0.1) is 0 Å². The van der Waals surface area contributed by atoms with Crippen molar-refractivity contribution in [3.05, 3.63) is 59.7 Å². The average Bonchev–Trinajstić information content (AvgIpc) is 2.45. The fraction of sp³-hybridized carbons (Fsp3) is 0.235. The zero-order valence-electron chi connectivity index (χ0n) is 11.8. The van der Waals surface area contributed by atoms with Crippen molar-refractivity contribution in [1.29, 1.82) is 0 Å². The van der Waals surface area contributed by atoms with Crippen LogP contribution in [0.2, 0.25) is 0 Å². The molecule has 0 N–H and O–H groups in total. The van der Waals surface area contributed by atoms with E-state index in [1.54, 1.807) is 24.3 Å². The Bertz CT molecular complexity index is 590. The summed E-state index contributed by atoms with van der Waals surface area (Å²) in [6.45, 7) is 4.55. The molecule has 2 rings (SSSR count). The van der Waals surface area contributed by atoms with Crippen LogP contribution in [0, 0.1) is 6.92 Å². The second kappa shape index (κ2) is 6.75. The molecule has 104 valence electrons. The van der Waals surface area contributed by atoms with Gasteiger partial charge in [-0.05, 0) is 43.2 Å². The monoisotopic (exact) mass is 270 g/mol. The van der Waals surface area contributed by atoms with E-state index in [1.165, 1.54) is 0 Å². The Morgan fingerprint density at radius 3 is 2.65 bits per heavy atom. The topological polar surface area (TPSA) is 35.5 Å². The van der Waals surface area contributed by atoms with E-state index in [4.69, 9.17) is 9.47 Å². The van der Waals surface area contributed by atoms with Gasteiger partial charge in [-0.1, -0.05) is 31.2 Å². The lowest BCUT2D eigenvalue weighted by Gasteiger charge is -2.10. The van der Waals surface area contributed by atoms with Crippen LogP contribution in [0.3, 0.4) is 0 Å². The van der Waals surface area contributed by atoms with E-state index in [1.807, 2.05) is 38.1 Å². The second-order valence-electron chi connectivity index (χ2n) is 4.55. The molecule has 0 aromatic heterocycles. The fourth-order valence-corrected chi connectivity index (χ4v) is 1.81. The van der Waals surface area contributed by atoms with Crippen LogP contribution < -0.4 is 9.47 Å². The molecule has 0 heterocycles. The van der Waals surface area contributed by atoms with E-state index in [9.17, 15) is 4.79 Å². The predicted molar refractivity (Wildman–Crippen MR) is 78.4 cm³/mol. The quantitative estimate of drug-likeness (QED) is 0.608. The fourth-order valence-electron chi connectivity index (χ4n) is 1.81. The highest BCUT2D eigenvalue weighted by Crippen LogP contribution is 2.21. The Balaban J connectivity index is 2.16. The third kappa shape index (κ3) is 3.60. The van der Waals surface area contributed by atoms with E-state index < -0.39 is 5.97 Å². The maximum Gasteiger partial charge on any atom is 0.347 e. The molecule has 0 fully saturated rings. The minimum Gasteiger partial charge on any atom is -0.493 e. The van der Waals surface area contributed by atoms with Crippen LogP contribution in [-0.2, 0) is 0 Å².